The van der Waals surface area contributed by atoms with Crippen LogP contribution in [-0.2, 0) is 6.42 Å². The van der Waals surface area contributed by atoms with Gasteiger partial charge in [0.1, 0.15) is 0 Å². The maximum atomic E-state index is 5.72. The summed E-state index contributed by atoms with van der Waals surface area (Å²) in [5.74, 6) is 0.544. The zero-order valence-electron chi connectivity index (χ0n) is 9.97. The fourth-order valence-corrected chi connectivity index (χ4v) is 2.61. The minimum absolute atomic E-state index is 0.544. The van der Waals surface area contributed by atoms with Crippen LogP contribution in [0, 0.1) is 5.92 Å². The van der Waals surface area contributed by atoms with E-state index in [-0.39, 0.29) is 0 Å². The Morgan fingerprint density at radius 1 is 1.47 bits per heavy atom. The van der Waals surface area contributed by atoms with Crippen LogP contribution in [0.25, 0.3) is 11.3 Å². The zero-order valence-corrected chi connectivity index (χ0v) is 10.8. The van der Waals surface area contributed by atoms with Crippen LogP contribution in [-0.4, -0.2) is 16.5 Å². The van der Waals surface area contributed by atoms with Gasteiger partial charge in [0.15, 0.2) is 0 Å². The third-order valence-corrected chi connectivity index (χ3v) is 3.75. The van der Waals surface area contributed by atoms with Gasteiger partial charge >= 0.3 is 0 Å². The van der Waals surface area contributed by atoms with E-state index < -0.39 is 0 Å². The van der Waals surface area contributed by atoms with Crippen LogP contribution in [0.15, 0.2) is 29.9 Å². The summed E-state index contributed by atoms with van der Waals surface area (Å²) >= 11 is 1.71. The summed E-state index contributed by atoms with van der Waals surface area (Å²) in [6.07, 6.45) is 5.72. The number of nitrogens with two attached hydrogens (primary N) is 1. The Morgan fingerprint density at radius 2 is 2.35 bits per heavy atom. The molecule has 0 bridgehead atoms. The van der Waals surface area contributed by atoms with E-state index in [1.165, 1.54) is 5.01 Å². The molecule has 2 rings (SSSR count). The summed E-state index contributed by atoms with van der Waals surface area (Å²) in [6, 6.07) is 3.97. The molecule has 2 heterocycles. The van der Waals surface area contributed by atoms with Gasteiger partial charge in [-0.2, -0.15) is 0 Å². The minimum Gasteiger partial charge on any atom is -0.330 e. The summed E-state index contributed by atoms with van der Waals surface area (Å²) in [5.41, 5.74) is 7.81. The van der Waals surface area contributed by atoms with Crippen molar-refractivity contribution in [3.05, 3.63) is 34.9 Å². The molecule has 0 saturated heterocycles. The Bertz CT molecular complexity index is 449. The van der Waals surface area contributed by atoms with Crippen LogP contribution >= 0.6 is 11.3 Å². The van der Waals surface area contributed by atoms with Crippen LogP contribution in [0.3, 0.4) is 0 Å². The molecule has 0 aromatic carbocycles. The van der Waals surface area contributed by atoms with Gasteiger partial charge < -0.3 is 5.73 Å². The molecule has 0 aliphatic heterocycles. The lowest BCUT2D eigenvalue weighted by Crippen LogP contribution is -2.15. The summed E-state index contributed by atoms with van der Waals surface area (Å²) in [6.45, 7) is 2.91. The first-order valence-electron chi connectivity index (χ1n) is 5.88. The van der Waals surface area contributed by atoms with Crippen molar-refractivity contribution in [3.63, 3.8) is 0 Å². The Labute approximate surface area is 106 Å². The predicted molar refractivity (Wildman–Crippen MR) is 71.9 cm³/mol. The van der Waals surface area contributed by atoms with Gasteiger partial charge in [-0.25, -0.2) is 4.98 Å². The SMILES string of the molecule is CCC(CN)Cc1nc(-c2cccnc2)cs1. The van der Waals surface area contributed by atoms with Crippen molar-refractivity contribution in [1.29, 1.82) is 0 Å². The summed E-state index contributed by atoms with van der Waals surface area (Å²) in [4.78, 5) is 8.75. The first-order chi connectivity index (χ1) is 8.33. The molecule has 2 aromatic rings. The molecular formula is C13H17N3S. The van der Waals surface area contributed by atoms with Crippen LogP contribution in [0.1, 0.15) is 18.4 Å². The van der Waals surface area contributed by atoms with Gasteiger partial charge in [0, 0.05) is 29.8 Å². The molecule has 0 aliphatic rings. The van der Waals surface area contributed by atoms with Gasteiger partial charge in [-0.05, 0) is 24.6 Å². The van der Waals surface area contributed by atoms with E-state index in [0.29, 0.717) is 5.92 Å². The highest BCUT2D eigenvalue weighted by atomic mass is 32.1. The van der Waals surface area contributed by atoms with Crippen molar-refractivity contribution in [3.8, 4) is 11.3 Å². The van der Waals surface area contributed by atoms with Gasteiger partial charge in [0.05, 0.1) is 10.7 Å². The second-order valence-electron chi connectivity index (χ2n) is 4.08. The zero-order chi connectivity index (χ0) is 12.1. The summed E-state index contributed by atoms with van der Waals surface area (Å²) in [7, 11) is 0. The fourth-order valence-electron chi connectivity index (χ4n) is 1.69. The second kappa shape index (κ2) is 5.89. The number of thiazole rings is 1. The average Bonchev–Trinajstić information content (AvgIpc) is 2.85. The molecule has 0 fully saturated rings. The molecule has 17 heavy (non-hydrogen) atoms. The van der Waals surface area contributed by atoms with E-state index in [2.05, 4.69) is 22.3 Å². The minimum atomic E-state index is 0.544. The van der Waals surface area contributed by atoms with E-state index in [9.17, 15) is 0 Å². The summed E-state index contributed by atoms with van der Waals surface area (Å²) in [5, 5.41) is 3.26. The van der Waals surface area contributed by atoms with Crippen LogP contribution in [0.2, 0.25) is 0 Å². The molecule has 4 heteroatoms. The molecule has 0 spiro atoms. The van der Waals surface area contributed by atoms with E-state index in [4.69, 9.17) is 5.73 Å². The lowest BCUT2D eigenvalue weighted by molar-refractivity contribution is 0.518. The molecule has 0 radical (unpaired) electrons. The van der Waals surface area contributed by atoms with Crippen molar-refractivity contribution in [2.45, 2.75) is 19.8 Å². The Kier molecular flexibility index (Phi) is 4.23. The van der Waals surface area contributed by atoms with Gasteiger partial charge in [0.2, 0.25) is 0 Å². The largest absolute Gasteiger partial charge is 0.330 e. The first-order valence-corrected chi connectivity index (χ1v) is 6.76. The lowest BCUT2D eigenvalue weighted by Gasteiger charge is -2.08. The molecule has 2 N–H and O–H groups in total. The van der Waals surface area contributed by atoms with Crippen molar-refractivity contribution in [1.82, 2.24) is 9.97 Å². The van der Waals surface area contributed by atoms with Gasteiger partial charge in [-0.1, -0.05) is 13.3 Å². The average molecular weight is 247 g/mol. The molecule has 1 atom stereocenters. The van der Waals surface area contributed by atoms with E-state index >= 15 is 0 Å². The quantitative estimate of drug-likeness (QED) is 0.884. The molecular weight excluding hydrogens is 230 g/mol. The van der Waals surface area contributed by atoms with Crippen molar-refractivity contribution in [2.75, 3.05) is 6.54 Å². The highest BCUT2D eigenvalue weighted by Gasteiger charge is 2.09. The normalized spacial score (nSPS) is 12.6. The molecule has 2 aromatic heterocycles. The Morgan fingerprint density at radius 3 is 3.00 bits per heavy atom. The Balaban J connectivity index is 2.11. The molecule has 0 amide bonds. The van der Waals surface area contributed by atoms with Gasteiger partial charge in [0.25, 0.3) is 0 Å². The van der Waals surface area contributed by atoms with E-state index in [1.807, 2.05) is 18.3 Å². The number of nitrogens with zero attached hydrogens (tertiary/aromatic N) is 2. The highest BCUT2D eigenvalue weighted by Crippen LogP contribution is 2.23. The molecule has 90 valence electrons. The maximum Gasteiger partial charge on any atom is 0.0935 e. The number of aromatic nitrogens is 2. The maximum absolute atomic E-state index is 5.72. The highest BCUT2D eigenvalue weighted by molar-refractivity contribution is 7.09. The van der Waals surface area contributed by atoms with Gasteiger partial charge in [-0.15, -0.1) is 11.3 Å². The third kappa shape index (κ3) is 3.11. The van der Waals surface area contributed by atoms with Crippen LogP contribution < -0.4 is 5.73 Å². The van der Waals surface area contributed by atoms with Crippen molar-refractivity contribution < 1.29 is 0 Å². The van der Waals surface area contributed by atoms with Gasteiger partial charge in [-0.3, -0.25) is 4.98 Å². The predicted octanol–water partition coefficient (Wildman–Crippen LogP) is 2.73. The standard InChI is InChI=1S/C13H17N3S/c1-2-10(7-14)6-13-16-12(9-17-13)11-4-3-5-15-8-11/h3-5,8-10H,2,6-7,14H2,1H3. The van der Waals surface area contributed by atoms with Crippen LogP contribution in [0.4, 0.5) is 0 Å². The van der Waals surface area contributed by atoms with Crippen LogP contribution in [0.5, 0.6) is 0 Å². The number of rotatable bonds is 5. The fraction of sp³-hybridized carbons (Fsp3) is 0.385. The topological polar surface area (TPSA) is 51.8 Å². The first kappa shape index (κ1) is 12.2. The molecule has 0 aliphatic carbocycles. The van der Waals surface area contributed by atoms with E-state index in [0.717, 1.165) is 30.6 Å². The number of pyridine rings is 1. The molecule has 3 nitrogen and oxygen atoms in total. The number of hydrogen-bond donors (Lipinski definition) is 1. The molecule has 0 saturated carbocycles. The number of hydrogen-bond acceptors (Lipinski definition) is 4. The van der Waals surface area contributed by atoms with Crippen molar-refractivity contribution in [2.24, 2.45) is 11.7 Å². The van der Waals surface area contributed by atoms with E-state index in [1.54, 1.807) is 17.5 Å². The van der Waals surface area contributed by atoms with Crippen molar-refractivity contribution >= 4 is 11.3 Å². The molecule has 1 unspecified atom stereocenters. The lowest BCUT2D eigenvalue weighted by atomic mass is 10.0. The smallest absolute Gasteiger partial charge is 0.0935 e. The third-order valence-electron chi connectivity index (χ3n) is 2.88. The summed E-state index contributed by atoms with van der Waals surface area (Å²) < 4.78 is 0. The Hall–Kier alpha value is -1.26. The monoisotopic (exact) mass is 247 g/mol. The second-order valence-corrected chi connectivity index (χ2v) is 5.02.